The quantitative estimate of drug-likeness (QED) is 0.759. The van der Waals surface area contributed by atoms with Crippen molar-refractivity contribution in [1.29, 1.82) is 0 Å². The highest BCUT2D eigenvalue weighted by Gasteiger charge is 2.22. The Morgan fingerprint density at radius 3 is 2.33 bits per heavy atom. The van der Waals surface area contributed by atoms with E-state index in [2.05, 4.69) is 5.32 Å². The van der Waals surface area contributed by atoms with Gasteiger partial charge in [-0.1, -0.05) is 0 Å². The van der Waals surface area contributed by atoms with Crippen LogP contribution >= 0.6 is 0 Å². The summed E-state index contributed by atoms with van der Waals surface area (Å²) < 4.78 is 39.5. The third kappa shape index (κ3) is 2.15. The van der Waals surface area contributed by atoms with E-state index in [-0.39, 0.29) is 11.5 Å². The minimum absolute atomic E-state index is 0.0172. The maximum absolute atomic E-state index is 13.4. The van der Waals surface area contributed by atoms with Crippen LogP contribution in [0.2, 0.25) is 0 Å². The molecule has 0 aromatic heterocycles. The Hall–Kier alpha value is -1.03. The number of hydrogen-bond donors (Lipinski definition) is 1. The standard InChI is InChI=1S/C11H12F3N/c12-8-4-9(13)11(10(14)5-8)7-2-1-3-15-6-7/h4-5,7,15H,1-3,6H2/t7-/m0/s1. The van der Waals surface area contributed by atoms with E-state index in [1.165, 1.54) is 0 Å². The van der Waals surface area contributed by atoms with E-state index in [0.29, 0.717) is 6.54 Å². The summed E-state index contributed by atoms with van der Waals surface area (Å²) in [5.74, 6) is -2.60. The molecule has 1 fully saturated rings. The molecule has 82 valence electrons. The predicted molar refractivity (Wildman–Crippen MR) is 51.2 cm³/mol. The lowest BCUT2D eigenvalue weighted by Gasteiger charge is -2.23. The fourth-order valence-electron chi connectivity index (χ4n) is 2.04. The molecule has 0 bridgehead atoms. The van der Waals surface area contributed by atoms with Gasteiger partial charge in [0.1, 0.15) is 17.5 Å². The lowest BCUT2D eigenvalue weighted by Crippen LogP contribution is -2.29. The number of halogens is 3. The molecule has 0 saturated carbocycles. The number of benzene rings is 1. The molecule has 4 heteroatoms. The Labute approximate surface area is 86.3 Å². The highest BCUT2D eigenvalue weighted by atomic mass is 19.1. The van der Waals surface area contributed by atoms with E-state index in [1.807, 2.05) is 0 Å². The molecule has 1 aromatic carbocycles. The first-order valence-electron chi connectivity index (χ1n) is 5.03. The molecule has 1 atom stereocenters. The van der Waals surface area contributed by atoms with Gasteiger partial charge in [0.15, 0.2) is 0 Å². The van der Waals surface area contributed by atoms with Crippen LogP contribution in [0.5, 0.6) is 0 Å². The van der Waals surface area contributed by atoms with E-state index in [4.69, 9.17) is 0 Å². The normalized spacial score (nSPS) is 21.7. The van der Waals surface area contributed by atoms with Crippen molar-refractivity contribution in [1.82, 2.24) is 5.32 Å². The van der Waals surface area contributed by atoms with Crippen LogP contribution in [-0.4, -0.2) is 13.1 Å². The van der Waals surface area contributed by atoms with Crippen LogP contribution in [0.3, 0.4) is 0 Å². The van der Waals surface area contributed by atoms with E-state index in [0.717, 1.165) is 31.5 Å². The summed E-state index contributed by atoms with van der Waals surface area (Å²) in [5.41, 5.74) is 0.0172. The van der Waals surface area contributed by atoms with Gasteiger partial charge in [0.25, 0.3) is 0 Å². The third-order valence-corrected chi connectivity index (χ3v) is 2.75. The summed E-state index contributed by atoms with van der Waals surface area (Å²) in [4.78, 5) is 0. The Morgan fingerprint density at radius 1 is 1.13 bits per heavy atom. The zero-order valence-electron chi connectivity index (χ0n) is 8.19. The van der Waals surface area contributed by atoms with Crippen LogP contribution in [0.4, 0.5) is 13.2 Å². The molecule has 15 heavy (non-hydrogen) atoms. The van der Waals surface area contributed by atoms with Crippen molar-refractivity contribution in [2.75, 3.05) is 13.1 Å². The molecule has 0 aliphatic carbocycles. The molecule has 0 radical (unpaired) electrons. The molecule has 0 spiro atoms. The van der Waals surface area contributed by atoms with Crippen LogP contribution in [0.1, 0.15) is 24.3 Å². The summed E-state index contributed by atoms with van der Waals surface area (Å²) >= 11 is 0. The van der Waals surface area contributed by atoms with E-state index in [9.17, 15) is 13.2 Å². The first kappa shape index (κ1) is 10.5. The third-order valence-electron chi connectivity index (χ3n) is 2.75. The molecule has 1 nitrogen and oxygen atoms in total. The maximum atomic E-state index is 13.4. The molecule has 2 rings (SSSR count). The van der Waals surface area contributed by atoms with Crippen LogP contribution in [-0.2, 0) is 0 Å². The average Bonchev–Trinajstić information content (AvgIpc) is 2.17. The fraction of sp³-hybridized carbons (Fsp3) is 0.455. The van der Waals surface area contributed by atoms with Crippen molar-refractivity contribution in [2.45, 2.75) is 18.8 Å². The summed E-state index contributed by atoms with van der Waals surface area (Å²) in [5, 5.41) is 3.08. The van der Waals surface area contributed by atoms with Crippen molar-refractivity contribution in [2.24, 2.45) is 0 Å². The summed E-state index contributed by atoms with van der Waals surface area (Å²) in [6, 6.07) is 1.49. The smallest absolute Gasteiger partial charge is 0.132 e. The Morgan fingerprint density at radius 2 is 1.80 bits per heavy atom. The van der Waals surface area contributed by atoms with Crippen LogP contribution in [0.15, 0.2) is 12.1 Å². The van der Waals surface area contributed by atoms with Gasteiger partial charge in [-0.05, 0) is 19.4 Å². The number of piperidine rings is 1. The van der Waals surface area contributed by atoms with Gasteiger partial charge in [-0.3, -0.25) is 0 Å². The first-order valence-corrected chi connectivity index (χ1v) is 5.03. The topological polar surface area (TPSA) is 12.0 Å². The molecular formula is C11H12F3N. The van der Waals surface area contributed by atoms with E-state index >= 15 is 0 Å². The van der Waals surface area contributed by atoms with Crippen LogP contribution < -0.4 is 5.32 Å². The molecular weight excluding hydrogens is 203 g/mol. The summed E-state index contributed by atoms with van der Waals surface area (Å²) in [6.07, 6.45) is 1.63. The SMILES string of the molecule is Fc1cc(F)c([C@H]2CCCNC2)c(F)c1. The number of rotatable bonds is 1. The Bertz CT molecular complexity index is 336. The van der Waals surface area contributed by atoms with E-state index < -0.39 is 17.5 Å². The number of nitrogens with one attached hydrogen (secondary N) is 1. The molecule has 1 aromatic rings. The predicted octanol–water partition coefficient (Wildman–Crippen LogP) is 2.57. The van der Waals surface area contributed by atoms with Gasteiger partial charge in [0, 0.05) is 30.2 Å². The molecule has 1 saturated heterocycles. The van der Waals surface area contributed by atoms with Crippen LogP contribution in [0, 0.1) is 17.5 Å². The van der Waals surface area contributed by atoms with Gasteiger partial charge in [-0.2, -0.15) is 0 Å². The van der Waals surface area contributed by atoms with Gasteiger partial charge in [0.05, 0.1) is 0 Å². The molecule has 0 amide bonds. The second-order valence-corrected chi connectivity index (χ2v) is 3.83. The molecule has 1 aliphatic rings. The van der Waals surface area contributed by atoms with Crippen molar-refractivity contribution >= 4 is 0 Å². The average molecular weight is 215 g/mol. The zero-order valence-corrected chi connectivity index (χ0v) is 8.19. The number of hydrogen-bond acceptors (Lipinski definition) is 1. The monoisotopic (exact) mass is 215 g/mol. The largest absolute Gasteiger partial charge is 0.316 e. The van der Waals surface area contributed by atoms with Crippen molar-refractivity contribution in [3.63, 3.8) is 0 Å². The highest BCUT2D eigenvalue weighted by molar-refractivity contribution is 5.25. The van der Waals surface area contributed by atoms with Gasteiger partial charge in [0.2, 0.25) is 0 Å². The molecule has 1 aliphatic heterocycles. The van der Waals surface area contributed by atoms with Crippen LogP contribution in [0.25, 0.3) is 0 Å². The second-order valence-electron chi connectivity index (χ2n) is 3.83. The van der Waals surface area contributed by atoms with Gasteiger partial charge < -0.3 is 5.32 Å². The minimum Gasteiger partial charge on any atom is -0.316 e. The first-order chi connectivity index (χ1) is 7.18. The molecule has 0 unspecified atom stereocenters. The van der Waals surface area contributed by atoms with Crippen molar-refractivity contribution < 1.29 is 13.2 Å². The van der Waals surface area contributed by atoms with Gasteiger partial charge in [-0.25, -0.2) is 13.2 Å². The Balaban J connectivity index is 2.33. The van der Waals surface area contributed by atoms with E-state index in [1.54, 1.807) is 0 Å². The highest BCUT2D eigenvalue weighted by Crippen LogP contribution is 2.28. The summed E-state index contributed by atoms with van der Waals surface area (Å²) in [6.45, 7) is 1.43. The van der Waals surface area contributed by atoms with Gasteiger partial charge in [-0.15, -0.1) is 0 Å². The second kappa shape index (κ2) is 4.23. The van der Waals surface area contributed by atoms with Crippen molar-refractivity contribution in [3.05, 3.63) is 35.1 Å². The summed E-state index contributed by atoms with van der Waals surface area (Å²) in [7, 11) is 0. The molecule has 1 N–H and O–H groups in total. The zero-order chi connectivity index (χ0) is 10.8. The fourth-order valence-corrected chi connectivity index (χ4v) is 2.04. The maximum Gasteiger partial charge on any atom is 0.132 e. The lowest BCUT2D eigenvalue weighted by atomic mass is 9.91. The lowest BCUT2D eigenvalue weighted by molar-refractivity contribution is 0.423. The Kier molecular flexibility index (Phi) is 2.95. The van der Waals surface area contributed by atoms with Gasteiger partial charge >= 0.3 is 0 Å². The van der Waals surface area contributed by atoms with Crippen molar-refractivity contribution in [3.8, 4) is 0 Å². The minimum atomic E-state index is -0.863. The molecule has 1 heterocycles.